The lowest BCUT2D eigenvalue weighted by molar-refractivity contribution is -0.448. The van der Waals surface area contributed by atoms with E-state index in [2.05, 4.69) is 23.8 Å². The van der Waals surface area contributed by atoms with Crippen LogP contribution in [0.2, 0.25) is 0 Å². The zero-order valence-electron chi connectivity index (χ0n) is 10.5. The highest BCUT2D eigenvalue weighted by Crippen LogP contribution is 2.62. The molecule has 0 aliphatic carbocycles. The van der Waals surface area contributed by atoms with Crippen molar-refractivity contribution in [1.82, 2.24) is 0 Å². The Morgan fingerprint density at radius 1 is 0.480 bits per heavy atom. The van der Waals surface area contributed by atoms with Crippen LogP contribution in [-0.2, 0) is 0 Å². The topological polar surface area (TPSA) is 0 Å². The van der Waals surface area contributed by atoms with Gasteiger partial charge in [0.25, 0.3) is 0 Å². The second-order valence-electron chi connectivity index (χ2n) is 4.22. The Kier molecular flexibility index (Phi) is 5.76. The fourth-order valence-corrected chi connectivity index (χ4v) is 1.34. The Balaban J connectivity index is 6.55. The second-order valence-corrected chi connectivity index (χ2v) is 5.23. The standard InChI is InChI=1S/C8ClF15S/c9-1(25)2(10,11)3(12,13)4(14,15)5(16,17)6(18,19)7(20,21)8(22,23)24. The Morgan fingerprint density at radius 3 is 0.960 bits per heavy atom. The summed E-state index contributed by atoms with van der Waals surface area (Å²) in [5, 5.41) is 0. The first kappa shape index (κ1) is 24.3. The maximum absolute atomic E-state index is 13.0. The van der Waals surface area contributed by atoms with Gasteiger partial charge in [-0.2, -0.15) is 65.9 Å². The molecule has 0 aromatic rings. The highest BCUT2D eigenvalue weighted by Gasteiger charge is 2.93. The Morgan fingerprint density at radius 2 is 0.720 bits per heavy atom. The molecule has 0 aliphatic rings. The van der Waals surface area contributed by atoms with Crippen molar-refractivity contribution in [2.24, 2.45) is 0 Å². The van der Waals surface area contributed by atoms with Gasteiger partial charge < -0.3 is 0 Å². The molecule has 0 bridgehead atoms. The maximum Gasteiger partial charge on any atom is 0.460 e. The van der Waals surface area contributed by atoms with Crippen molar-refractivity contribution in [3.8, 4) is 0 Å². The van der Waals surface area contributed by atoms with Crippen LogP contribution in [-0.4, -0.2) is 46.0 Å². The highest BCUT2D eigenvalue weighted by molar-refractivity contribution is 7.83. The number of thiocarbonyl (C=S) groups is 1. The van der Waals surface area contributed by atoms with Gasteiger partial charge in [-0.05, 0) is 0 Å². The van der Waals surface area contributed by atoms with Gasteiger partial charge in [-0.1, -0.05) is 23.8 Å². The van der Waals surface area contributed by atoms with Crippen molar-refractivity contribution >= 4 is 28.1 Å². The normalized spacial score (nSPS) is 16.2. The molecule has 0 saturated carbocycles. The number of hydrogen-bond donors (Lipinski definition) is 0. The molecule has 0 saturated heterocycles. The molecular formula is C8ClF15S. The Labute approximate surface area is 136 Å². The molecule has 17 heteroatoms. The minimum absolute atomic E-state index is 2.97. The predicted molar refractivity (Wildman–Crippen MR) is 54.2 cm³/mol. The summed E-state index contributed by atoms with van der Waals surface area (Å²) in [5.41, 5.74) is 0. The van der Waals surface area contributed by atoms with Crippen molar-refractivity contribution in [3.05, 3.63) is 0 Å². The largest absolute Gasteiger partial charge is 0.460 e. The zero-order valence-corrected chi connectivity index (χ0v) is 12.0. The predicted octanol–water partition coefficient (Wildman–Crippen LogP) is 5.93. The van der Waals surface area contributed by atoms with E-state index in [-0.39, 0.29) is 0 Å². The first-order chi connectivity index (χ1) is 10.4. The van der Waals surface area contributed by atoms with Crippen LogP contribution < -0.4 is 0 Å². The molecule has 0 radical (unpaired) electrons. The molecule has 0 aliphatic heterocycles. The Hall–Kier alpha value is -0.670. The van der Waals surface area contributed by atoms with Gasteiger partial charge >= 0.3 is 41.7 Å². The quantitative estimate of drug-likeness (QED) is 0.276. The molecule has 0 rings (SSSR count). The van der Waals surface area contributed by atoms with Crippen LogP contribution in [0, 0.1) is 0 Å². The lowest BCUT2D eigenvalue weighted by atomic mass is 9.91. The number of hydrogen-bond acceptors (Lipinski definition) is 1. The Bertz CT molecular complexity index is 532. The molecule has 0 nitrogen and oxygen atoms in total. The molecule has 0 fully saturated rings. The van der Waals surface area contributed by atoms with Gasteiger partial charge in [0, 0.05) is 0 Å². The van der Waals surface area contributed by atoms with Crippen LogP contribution in [0.3, 0.4) is 0 Å². The van der Waals surface area contributed by atoms with Gasteiger partial charge in [0.2, 0.25) is 0 Å². The van der Waals surface area contributed by atoms with Crippen molar-refractivity contribution in [2.45, 2.75) is 41.7 Å². The van der Waals surface area contributed by atoms with Crippen LogP contribution >= 0.6 is 23.8 Å². The third kappa shape index (κ3) is 3.02. The van der Waals surface area contributed by atoms with Crippen molar-refractivity contribution in [1.29, 1.82) is 0 Å². The smallest absolute Gasteiger partial charge is 0.192 e. The van der Waals surface area contributed by atoms with Gasteiger partial charge in [0.15, 0.2) is 4.32 Å². The van der Waals surface area contributed by atoms with Crippen LogP contribution in [0.25, 0.3) is 0 Å². The minimum Gasteiger partial charge on any atom is -0.192 e. The molecule has 0 spiro atoms. The first-order valence-corrected chi connectivity index (χ1v) is 5.76. The van der Waals surface area contributed by atoms with Crippen molar-refractivity contribution in [2.75, 3.05) is 0 Å². The van der Waals surface area contributed by atoms with E-state index < -0.39 is 46.0 Å². The average molecular weight is 449 g/mol. The van der Waals surface area contributed by atoms with Crippen LogP contribution in [0.4, 0.5) is 65.9 Å². The van der Waals surface area contributed by atoms with Gasteiger partial charge in [0.05, 0.1) is 0 Å². The molecule has 0 aromatic heterocycles. The van der Waals surface area contributed by atoms with Crippen molar-refractivity contribution in [3.63, 3.8) is 0 Å². The number of alkyl halides is 15. The molecule has 0 unspecified atom stereocenters. The third-order valence-electron chi connectivity index (χ3n) is 2.57. The van der Waals surface area contributed by atoms with E-state index in [0.29, 0.717) is 0 Å². The number of rotatable bonds is 6. The fraction of sp³-hybridized carbons (Fsp3) is 0.875. The fourth-order valence-electron chi connectivity index (χ4n) is 1.09. The summed E-state index contributed by atoms with van der Waals surface area (Å²) >= 11 is 7.23. The average Bonchev–Trinajstić information content (AvgIpc) is 2.35. The van der Waals surface area contributed by atoms with E-state index in [0.717, 1.165) is 0 Å². The van der Waals surface area contributed by atoms with E-state index in [1.165, 1.54) is 0 Å². The lowest BCUT2D eigenvalue weighted by Crippen LogP contribution is -2.73. The second kappa shape index (κ2) is 5.92. The molecule has 25 heavy (non-hydrogen) atoms. The highest BCUT2D eigenvalue weighted by atomic mass is 35.5. The van der Waals surface area contributed by atoms with Crippen LogP contribution in [0.5, 0.6) is 0 Å². The molecular weight excluding hydrogens is 449 g/mol. The first-order valence-electron chi connectivity index (χ1n) is 4.98. The van der Waals surface area contributed by atoms with E-state index in [1.54, 1.807) is 0 Å². The SMILES string of the molecule is FC(F)(F)C(F)(F)C(F)(F)C(F)(F)C(F)(F)C(F)(F)C(F)(F)C(=S)Cl. The summed E-state index contributed by atoms with van der Waals surface area (Å²) < 4.78 is 186. The van der Waals surface area contributed by atoms with E-state index in [9.17, 15) is 65.9 Å². The summed E-state index contributed by atoms with van der Waals surface area (Å²) in [5.74, 6) is -47.1. The molecule has 0 amide bonds. The van der Waals surface area contributed by atoms with Gasteiger partial charge in [-0.25, -0.2) is 0 Å². The van der Waals surface area contributed by atoms with E-state index >= 15 is 0 Å². The van der Waals surface area contributed by atoms with E-state index in [1.807, 2.05) is 0 Å². The lowest BCUT2D eigenvalue weighted by Gasteiger charge is -2.41. The van der Waals surface area contributed by atoms with Crippen LogP contribution in [0.1, 0.15) is 0 Å². The van der Waals surface area contributed by atoms with E-state index in [4.69, 9.17) is 0 Å². The van der Waals surface area contributed by atoms with Crippen molar-refractivity contribution < 1.29 is 65.9 Å². The third-order valence-corrected chi connectivity index (χ3v) is 3.07. The summed E-state index contributed by atoms with van der Waals surface area (Å²) in [6.07, 6.45) is -7.63. The summed E-state index contributed by atoms with van der Waals surface area (Å²) in [6, 6.07) is 0. The summed E-state index contributed by atoms with van der Waals surface area (Å²) in [4.78, 5) is 0. The monoisotopic (exact) mass is 448 g/mol. The summed E-state index contributed by atoms with van der Waals surface area (Å²) in [6.45, 7) is 0. The molecule has 150 valence electrons. The summed E-state index contributed by atoms with van der Waals surface area (Å²) in [7, 11) is 0. The molecule has 0 atom stereocenters. The van der Waals surface area contributed by atoms with Gasteiger partial charge in [-0.3, -0.25) is 0 Å². The van der Waals surface area contributed by atoms with Crippen LogP contribution in [0.15, 0.2) is 0 Å². The molecule has 0 N–H and O–H groups in total. The maximum atomic E-state index is 13.0. The zero-order chi connectivity index (χ0) is 21.1. The minimum atomic E-state index is -8.33. The molecule has 0 aromatic carbocycles. The van der Waals surface area contributed by atoms with Gasteiger partial charge in [-0.15, -0.1) is 0 Å². The number of halogens is 16. The molecule has 0 heterocycles. The van der Waals surface area contributed by atoms with Gasteiger partial charge in [0.1, 0.15) is 0 Å².